The molecule has 22 heavy (non-hydrogen) atoms. The number of aryl methyl sites for hydroxylation is 2. The number of benzene rings is 2. The lowest BCUT2D eigenvalue weighted by atomic mass is 9.87. The van der Waals surface area contributed by atoms with E-state index in [0.29, 0.717) is 0 Å². The van der Waals surface area contributed by atoms with Crippen LogP contribution < -0.4 is 0 Å². The molecule has 1 aromatic heterocycles. The highest BCUT2D eigenvalue weighted by Gasteiger charge is 2.28. The smallest absolute Gasteiger partial charge is 0.145 e. The Balaban J connectivity index is 2.00. The van der Waals surface area contributed by atoms with Gasteiger partial charge in [0.25, 0.3) is 0 Å². The van der Waals surface area contributed by atoms with E-state index in [4.69, 9.17) is 11.6 Å². The topological polar surface area (TPSA) is 30.7 Å². The van der Waals surface area contributed by atoms with Crippen LogP contribution in [0.25, 0.3) is 0 Å². The summed E-state index contributed by atoms with van der Waals surface area (Å²) in [6.07, 6.45) is 0.974. The van der Waals surface area contributed by atoms with Crippen LogP contribution in [0.1, 0.15) is 34.3 Å². The maximum atomic E-state index is 6.27. The Morgan fingerprint density at radius 3 is 2.73 bits per heavy atom. The number of hydrogen-bond donors (Lipinski definition) is 0. The van der Waals surface area contributed by atoms with Crippen LogP contribution in [0.15, 0.2) is 48.5 Å². The fourth-order valence-corrected chi connectivity index (χ4v) is 3.48. The van der Waals surface area contributed by atoms with E-state index in [1.807, 2.05) is 19.1 Å². The Labute approximate surface area is 134 Å². The number of fused-ring (bicyclic) bond motifs is 2. The molecule has 2 heterocycles. The Morgan fingerprint density at radius 2 is 1.91 bits per heavy atom. The molecule has 2 aromatic carbocycles. The summed E-state index contributed by atoms with van der Waals surface area (Å²) in [7, 11) is 0. The van der Waals surface area contributed by atoms with E-state index in [0.717, 1.165) is 29.6 Å². The fourth-order valence-electron chi connectivity index (χ4n) is 3.29. The lowest BCUT2D eigenvalue weighted by molar-refractivity contribution is 0.649. The molecule has 4 rings (SSSR count). The number of nitrogens with zero attached hydrogens (tertiary/aromatic N) is 3. The maximum absolute atomic E-state index is 6.27. The van der Waals surface area contributed by atoms with Crippen LogP contribution in [0, 0.1) is 6.92 Å². The summed E-state index contributed by atoms with van der Waals surface area (Å²) < 4.78 is 2.23. The zero-order valence-electron chi connectivity index (χ0n) is 12.3. The number of aromatic nitrogens is 3. The van der Waals surface area contributed by atoms with Crippen molar-refractivity contribution in [3.63, 3.8) is 0 Å². The largest absolute Gasteiger partial charge is 0.314 e. The summed E-state index contributed by atoms with van der Waals surface area (Å²) in [4.78, 5) is 0. The lowest BCUT2D eigenvalue weighted by Gasteiger charge is -2.18. The highest BCUT2D eigenvalue weighted by atomic mass is 35.5. The maximum Gasteiger partial charge on any atom is 0.145 e. The van der Waals surface area contributed by atoms with Crippen molar-refractivity contribution in [2.75, 3.05) is 0 Å². The molecule has 0 N–H and O–H groups in total. The number of halogens is 1. The Bertz CT molecular complexity index is 824. The summed E-state index contributed by atoms with van der Waals surface area (Å²) in [6.45, 7) is 2.92. The van der Waals surface area contributed by atoms with Crippen LogP contribution in [-0.2, 0) is 13.0 Å². The fraction of sp³-hybridized carbons (Fsp3) is 0.222. The first-order chi connectivity index (χ1) is 10.7. The van der Waals surface area contributed by atoms with Gasteiger partial charge in [-0.1, -0.05) is 48.0 Å². The molecule has 3 aromatic rings. The molecular formula is C18H16ClN3. The first-order valence-corrected chi connectivity index (χ1v) is 7.85. The van der Waals surface area contributed by atoms with E-state index in [-0.39, 0.29) is 5.92 Å². The van der Waals surface area contributed by atoms with Gasteiger partial charge >= 0.3 is 0 Å². The predicted molar refractivity (Wildman–Crippen MR) is 87.3 cm³/mol. The van der Waals surface area contributed by atoms with Gasteiger partial charge in [0.2, 0.25) is 0 Å². The van der Waals surface area contributed by atoms with Crippen LogP contribution in [0.2, 0.25) is 5.02 Å². The molecule has 1 unspecified atom stereocenters. The molecule has 0 saturated heterocycles. The monoisotopic (exact) mass is 309 g/mol. The van der Waals surface area contributed by atoms with E-state index < -0.39 is 0 Å². The summed E-state index contributed by atoms with van der Waals surface area (Å²) in [5, 5.41) is 9.53. The van der Waals surface area contributed by atoms with Crippen molar-refractivity contribution in [1.82, 2.24) is 14.8 Å². The van der Waals surface area contributed by atoms with Crippen molar-refractivity contribution in [2.24, 2.45) is 0 Å². The summed E-state index contributed by atoms with van der Waals surface area (Å²) in [5.74, 6) is 2.05. The molecule has 1 aliphatic heterocycles. The molecule has 0 aliphatic carbocycles. The molecule has 110 valence electrons. The highest BCUT2D eigenvalue weighted by molar-refractivity contribution is 6.30. The van der Waals surface area contributed by atoms with Crippen molar-refractivity contribution >= 4 is 11.6 Å². The third-order valence-electron chi connectivity index (χ3n) is 4.38. The zero-order chi connectivity index (χ0) is 15.1. The van der Waals surface area contributed by atoms with Crippen molar-refractivity contribution in [3.05, 3.63) is 81.9 Å². The van der Waals surface area contributed by atoms with Crippen molar-refractivity contribution < 1.29 is 0 Å². The van der Waals surface area contributed by atoms with E-state index in [1.165, 1.54) is 16.7 Å². The molecule has 4 heteroatoms. The van der Waals surface area contributed by atoms with Gasteiger partial charge in [0.05, 0.1) is 5.92 Å². The first kappa shape index (κ1) is 13.5. The van der Waals surface area contributed by atoms with Crippen LogP contribution in [-0.4, -0.2) is 14.8 Å². The molecular weight excluding hydrogens is 294 g/mol. The molecule has 0 spiro atoms. The van der Waals surface area contributed by atoms with Crippen molar-refractivity contribution in [3.8, 4) is 0 Å². The quantitative estimate of drug-likeness (QED) is 0.681. The van der Waals surface area contributed by atoms with Crippen LogP contribution >= 0.6 is 11.6 Å². The Hall–Kier alpha value is -2.13. The van der Waals surface area contributed by atoms with Crippen LogP contribution in [0.5, 0.6) is 0 Å². The van der Waals surface area contributed by atoms with Gasteiger partial charge in [-0.05, 0) is 42.2 Å². The SMILES string of the molecule is Cc1nnc2n1CCc1ccc(Cl)cc1C2c1ccccc1. The van der Waals surface area contributed by atoms with Gasteiger partial charge in [-0.3, -0.25) is 0 Å². The van der Waals surface area contributed by atoms with Gasteiger partial charge in [-0.25, -0.2) is 0 Å². The van der Waals surface area contributed by atoms with Gasteiger partial charge in [-0.2, -0.15) is 0 Å². The Kier molecular flexibility index (Phi) is 3.23. The second kappa shape index (κ2) is 5.25. The summed E-state index contributed by atoms with van der Waals surface area (Å²) in [6, 6.07) is 16.7. The number of rotatable bonds is 1. The third kappa shape index (κ3) is 2.13. The lowest BCUT2D eigenvalue weighted by Crippen LogP contribution is -2.10. The van der Waals surface area contributed by atoms with E-state index >= 15 is 0 Å². The van der Waals surface area contributed by atoms with E-state index in [1.54, 1.807) is 0 Å². The average molecular weight is 310 g/mol. The van der Waals surface area contributed by atoms with Crippen LogP contribution in [0.3, 0.4) is 0 Å². The minimum absolute atomic E-state index is 0.0820. The summed E-state index contributed by atoms with van der Waals surface area (Å²) >= 11 is 6.27. The van der Waals surface area contributed by atoms with E-state index in [2.05, 4.69) is 51.2 Å². The molecule has 3 nitrogen and oxygen atoms in total. The molecule has 0 amide bonds. The second-order valence-electron chi connectivity index (χ2n) is 5.69. The van der Waals surface area contributed by atoms with Gasteiger partial charge in [0.1, 0.15) is 11.6 Å². The van der Waals surface area contributed by atoms with Crippen LogP contribution in [0.4, 0.5) is 0 Å². The standard InChI is InChI=1S/C18H16ClN3/c1-12-20-21-18-17(14-5-3-2-4-6-14)16-11-15(19)8-7-13(16)9-10-22(12)18/h2-8,11,17H,9-10H2,1H3. The van der Waals surface area contributed by atoms with Gasteiger partial charge in [0, 0.05) is 11.6 Å². The minimum Gasteiger partial charge on any atom is -0.314 e. The third-order valence-corrected chi connectivity index (χ3v) is 4.61. The first-order valence-electron chi connectivity index (χ1n) is 7.47. The molecule has 0 bridgehead atoms. The Morgan fingerprint density at radius 1 is 1.09 bits per heavy atom. The minimum atomic E-state index is 0.0820. The highest BCUT2D eigenvalue weighted by Crippen LogP contribution is 2.37. The molecule has 1 atom stereocenters. The summed E-state index contributed by atoms with van der Waals surface area (Å²) in [5.41, 5.74) is 3.80. The van der Waals surface area contributed by atoms with E-state index in [9.17, 15) is 0 Å². The zero-order valence-corrected chi connectivity index (χ0v) is 13.1. The number of hydrogen-bond acceptors (Lipinski definition) is 2. The average Bonchev–Trinajstić information content (AvgIpc) is 2.80. The van der Waals surface area contributed by atoms with Crippen molar-refractivity contribution in [1.29, 1.82) is 0 Å². The molecule has 0 fully saturated rings. The van der Waals surface area contributed by atoms with Gasteiger partial charge in [0.15, 0.2) is 0 Å². The molecule has 0 saturated carbocycles. The molecule has 1 aliphatic rings. The predicted octanol–water partition coefficient (Wildman–Crippen LogP) is 3.98. The normalized spacial score (nSPS) is 16.7. The van der Waals surface area contributed by atoms with Gasteiger partial charge in [-0.15, -0.1) is 10.2 Å². The van der Waals surface area contributed by atoms with Crippen molar-refractivity contribution in [2.45, 2.75) is 25.8 Å². The van der Waals surface area contributed by atoms with Gasteiger partial charge < -0.3 is 4.57 Å². The second-order valence-corrected chi connectivity index (χ2v) is 6.13. The molecule has 0 radical (unpaired) electrons.